The Balaban J connectivity index is 1.49. The maximum absolute atomic E-state index is 12.7. The van der Waals surface area contributed by atoms with Gasteiger partial charge in [0, 0.05) is 35.8 Å². The lowest BCUT2D eigenvalue weighted by Crippen LogP contribution is -2.39. The van der Waals surface area contributed by atoms with Crippen LogP contribution in [0.3, 0.4) is 0 Å². The van der Waals surface area contributed by atoms with Gasteiger partial charge in [-0.15, -0.1) is 0 Å². The fourth-order valence-electron chi connectivity index (χ4n) is 4.18. The fourth-order valence-corrected chi connectivity index (χ4v) is 4.18. The molecule has 1 saturated carbocycles. The molecular weight excluding hydrogens is 268 g/mol. The van der Waals surface area contributed by atoms with Crippen LogP contribution in [0.1, 0.15) is 37.3 Å². The lowest BCUT2D eigenvalue weighted by Gasteiger charge is -2.23. The molecule has 0 radical (unpaired) electrons. The highest BCUT2D eigenvalue weighted by molar-refractivity contribution is 5.85. The predicted octanol–water partition coefficient (Wildman–Crippen LogP) is 1.65. The Kier molecular flexibility index (Phi) is 2.77. The highest BCUT2D eigenvalue weighted by Crippen LogP contribution is 2.51. The average molecular weight is 286 g/mol. The third-order valence-electron chi connectivity index (χ3n) is 5.28. The number of carbonyl (C=O) groups excluding carboxylic acids is 1. The first kappa shape index (κ1) is 12.8. The van der Waals surface area contributed by atoms with Gasteiger partial charge in [0.05, 0.1) is 5.92 Å². The van der Waals surface area contributed by atoms with Gasteiger partial charge in [-0.3, -0.25) is 14.6 Å². The SMILES string of the molecule is O=C(O)[C@@H]1C[C@H]2CC[C@@H]1N2C(=O)[C@@H]1C[C@H]1c1ccccn1. The first-order valence-corrected chi connectivity index (χ1v) is 7.62. The van der Waals surface area contributed by atoms with E-state index in [1.54, 1.807) is 6.20 Å². The zero-order valence-electron chi connectivity index (χ0n) is 11.7. The standard InChI is InChI=1S/C16H18N2O3/c19-15(11-8-10(11)13-3-1-2-6-17-13)18-9-4-5-14(18)12(7-9)16(20)21/h1-3,6,9-12,14H,4-5,7-8H2,(H,20,21)/t9-,10-,11-,12-,14+/m1/s1. The van der Waals surface area contributed by atoms with Crippen LogP contribution in [0.2, 0.25) is 0 Å². The number of amides is 1. The summed E-state index contributed by atoms with van der Waals surface area (Å²) in [6, 6.07) is 5.86. The number of carboxylic acids is 1. The Bertz CT molecular complexity index is 588. The van der Waals surface area contributed by atoms with Crippen molar-refractivity contribution < 1.29 is 14.7 Å². The van der Waals surface area contributed by atoms with Gasteiger partial charge in [0.2, 0.25) is 5.91 Å². The lowest BCUT2D eigenvalue weighted by atomic mass is 9.89. The van der Waals surface area contributed by atoms with E-state index in [-0.39, 0.29) is 35.7 Å². The smallest absolute Gasteiger partial charge is 0.308 e. The van der Waals surface area contributed by atoms with Crippen molar-refractivity contribution in [1.82, 2.24) is 9.88 Å². The molecule has 5 heteroatoms. The van der Waals surface area contributed by atoms with Crippen LogP contribution in [0.25, 0.3) is 0 Å². The molecule has 0 aromatic carbocycles. The molecule has 5 atom stereocenters. The van der Waals surface area contributed by atoms with Gasteiger partial charge in [0.25, 0.3) is 0 Å². The van der Waals surface area contributed by atoms with Crippen LogP contribution < -0.4 is 0 Å². The van der Waals surface area contributed by atoms with Gasteiger partial charge in [0.1, 0.15) is 0 Å². The minimum absolute atomic E-state index is 0.00976. The van der Waals surface area contributed by atoms with Crippen LogP contribution in [0, 0.1) is 11.8 Å². The van der Waals surface area contributed by atoms with Gasteiger partial charge < -0.3 is 10.0 Å². The summed E-state index contributed by atoms with van der Waals surface area (Å²) in [6.45, 7) is 0. The lowest BCUT2D eigenvalue weighted by molar-refractivity contribution is -0.143. The second kappa shape index (κ2) is 4.55. The minimum Gasteiger partial charge on any atom is -0.481 e. The molecule has 5 nitrogen and oxygen atoms in total. The van der Waals surface area contributed by atoms with Crippen LogP contribution in [0.15, 0.2) is 24.4 Å². The number of carbonyl (C=O) groups is 2. The molecule has 2 bridgehead atoms. The number of hydrogen-bond donors (Lipinski definition) is 1. The van der Waals surface area contributed by atoms with Gasteiger partial charge >= 0.3 is 5.97 Å². The summed E-state index contributed by atoms with van der Waals surface area (Å²) >= 11 is 0. The van der Waals surface area contributed by atoms with Crippen LogP contribution in [-0.4, -0.2) is 39.0 Å². The third-order valence-corrected chi connectivity index (χ3v) is 5.28. The molecule has 0 spiro atoms. The number of pyridine rings is 1. The van der Waals surface area contributed by atoms with Crippen LogP contribution >= 0.6 is 0 Å². The number of aromatic nitrogens is 1. The van der Waals surface area contributed by atoms with Crippen molar-refractivity contribution in [3.8, 4) is 0 Å². The van der Waals surface area contributed by atoms with Crippen molar-refractivity contribution in [3.05, 3.63) is 30.1 Å². The Labute approximate surface area is 123 Å². The molecule has 3 fully saturated rings. The van der Waals surface area contributed by atoms with Crippen LogP contribution in [0.4, 0.5) is 0 Å². The van der Waals surface area contributed by atoms with Crippen LogP contribution in [0.5, 0.6) is 0 Å². The first-order chi connectivity index (χ1) is 10.2. The number of fused-ring (bicyclic) bond motifs is 2. The Hall–Kier alpha value is -1.91. The quantitative estimate of drug-likeness (QED) is 0.917. The molecule has 2 saturated heterocycles. The number of hydrogen-bond acceptors (Lipinski definition) is 3. The van der Waals surface area contributed by atoms with E-state index in [0.29, 0.717) is 6.42 Å². The van der Waals surface area contributed by atoms with E-state index in [2.05, 4.69) is 4.98 Å². The molecule has 1 aliphatic carbocycles. The van der Waals surface area contributed by atoms with Gasteiger partial charge in [-0.05, 0) is 37.8 Å². The second-order valence-corrected chi connectivity index (χ2v) is 6.43. The molecule has 1 amide bonds. The number of nitrogens with zero attached hydrogens (tertiary/aromatic N) is 2. The molecule has 1 aromatic rings. The minimum atomic E-state index is -0.753. The van der Waals surface area contributed by atoms with Gasteiger partial charge in [-0.1, -0.05) is 6.07 Å². The molecule has 1 N–H and O–H groups in total. The van der Waals surface area contributed by atoms with E-state index in [1.165, 1.54) is 0 Å². The summed E-state index contributed by atoms with van der Waals surface area (Å²) in [5.41, 5.74) is 0.983. The highest BCUT2D eigenvalue weighted by Gasteiger charge is 2.56. The number of rotatable bonds is 3. The molecule has 4 rings (SSSR count). The predicted molar refractivity (Wildman–Crippen MR) is 74.5 cm³/mol. The van der Waals surface area contributed by atoms with Crippen molar-refractivity contribution in [1.29, 1.82) is 0 Å². The molecule has 1 aromatic heterocycles. The van der Waals surface area contributed by atoms with E-state index in [4.69, 9.17) is 0 Å². The molecule has 21 heavy (non-hydrogen) atoms. The topological polar surface area (TPSA) is 70.5 Å². The van der Waals surface area contributed by atoms with E-state index in [1.807, 2.05) is 23.1 Å². The largest absolute Gasteiger partial charge is 0.481 e. The second-order valence-electron chi connectivity index (χ2n) is 6.43. The van der Waals surface area contributed by atoms with Crippen molar-refractivity contribution in [3.63, 3.8) is 0 Å². The highest BCUT2D eigenvalue weighted by atomic mass is 16.4. The van der Waals surface area contributed by atoms with E-state index >= 15 is 0 Å². The summed E-state index contributed by atoms with van der Waals surface area (Å²) in [4.78, 5) is 30.2. The zero-order valence-corrected chi connectivity index (χ0v) is 11.7. The fraction of sp³-hybridized carbons (Fsp3) is 0.562. The Morgan fingerprint density at radius 3 is 2.71 bits per heavy atom. The van der Waals surface area contributed by atoms with E-state index < -0.39 is 5.97 Å². The Morgan fingerprint density at radius 1 is 1.19 bits per heavy atom. The van der Waals surface area contributed by atoms with E-state index in [0.717, 1.165) is 25.0 Å². The van der Waals surface area contributed by atoms with Crippen molar-refractivity contribution in [2.24, 2.45) is 11.8 Å². The van der Waals surface area contributed by atoms with Gasteiger partial charge in [-0.25, -0.2) is 0 Å². The first-order valence-electron chi connectivity index (χ1n) is 7.62. The maximum Gasteiger partial charge on any atom is 0.308 e. The normalized spacial score (nSPS) is 36.8. The Morgan fingerprint density at radius 2 is 2.05 bits per heavy atom. The zero-order chi connectivity index (χ0) is 14.6. The molecule has 3 aliphatic rings. The summed E-state index contributed by atoms with van der Waals surface area (Å²) < 4.78 is 0. The molecular formula is C16H18N2O3. The van der Waals surface area contributed by atoms with Crippen molar-refractivity contribution in [2.45, 2.75) is 43.7 Å². The van der Waals surface area contributed by atoms with Crippen molar-refractivity contribution >= 4 is 11.9 Å². The number of aliphatic carboxylic acids is 1. The molecule has 110 valence electrons. The van der Waals surface area contributed by atoms with Gasteiger partial charge in [0.15, 0.2) is 0 Å². The summed E-state index contributed by atoms with van der Waals surface area (Å²) in [7, 11) is 0. The third kappa shape index (κ3) is 1.94. The summed E-state index contributed by atoms with van der Waals surface area (Å²) in [5, 5.41) is 9.27. The molecule has 2 aliphatic heterocycles. The number of carboxylic acid groups (broad SMARTS) is 1. The maximum atomic E-state index is 12.7. The van der Waals surface area contributed by atoms with E-state index in [9.17, 15) is 14.7 Å². The summed E-state index contributed by atoms with van der Waals surface area (Å²) in [5.74, 6) is -0.726. The van der Waals surface area contributed by atoms with Crippen LogP contribution in [-0.2, 0) is 9.59 Å². The average Bonchev–Trinajstić information content (AvgIpc) is 3.10. The summed E-state index contributed by atoms with van der Waals surface area (Å²) in [6.07, 6.45) is 5.04. The molecule has 0 unspecified atom stereocenters. The van der Waals surface area contributed by atoms with Crippen molar-refractivity contribution in [2.75, 3.05) is 0 Å². The van der Waals surface area contributed by atoms with Gasteiger partial charge in [-0.2, -0.15) is 0 Å². The molecule has 3 heterocycles. The monoisotopic (exact) mass is 286 g/mol.